The average molecular weight is 291 g/mol. The Kier molecular flexibility index (Phi) is 12.4. The standard InChI is InChI=1S/C21H38/c1-7-11-19(4)14-9-15-21(6)17-10-16-20(5)13-8-12-18(2)3/h12,15-16,19H,7-11,13-14,17H2,1-6H3/b20-16-,21-15-/t19-/m1/s1. The first-order valence-corrected chi connectivity index (χ1v) is 8.90. The molecule has 1 atom stereocenters. The Morgan fingerprint density at radius 3 is 1.81 bits per heavy atom. The number of allylic oxidation sites excluding steroid dienone is 6. The van der Waals surface area contributed by atoms with Gasteiger partial charge in [-0.15, -0.1) is 0 Å². The molecule has 0 aliphatic rings. The highest BCUT2D eigenvalue weighted by atomic mass is 14.0. The predicted octanol–water partition coefficient (Wildman–Crippen LogP) is 7.62. The van der Waals surface area contributed by atoms with Crippen molar-refractivity contribution in [1.82, 2.24) is 0 Å². The first-order chi connectivity index (χ1) is 9.95. The van der Waals surface area contributed by atoms with Gasteiger partial charge in [0.25, 0.3) is 0 Å². The van der Waals surface area contributed by atoms with Crippen LogP contribution in [-0.2, 0) is 0 Å². The molecule has 0 aliphatic carbocycles. The Labute approximate surface area is 134 Å². The SMILES string of the molecule is CCC[C@@H](C)CC/C=C(/C)CC/C=C(/C)CCC=C(C)C. The van der Waals surface area contributed by atoms with Crippen LogP contribution in [0.15, 0.2) is 34.9 Å². The second kappa shape index (κ2) is 12.9. The van der Waals surface area contributed by atoms with E-state index in [0.29, 0.717) is 0 Å². The maximum absolute atomic E-state index is 2.46. The maximum atomic E-state index is 2.46. The van der Waals surface area contributed by atoms with E-state index in [-0.39, 0.29) is 0 Å². The van der Waals surface area contributed by atoms with E-state index in [4.69, 9.17) is 0 Å². The third kappa shape index (κ3) is 13.9. The van der Waals surface area contributed by atoms with E-state index in [0.717, 1.165) is 5.92 Å². The zero-order chi connectivity index (χ0) is 16.1. The highest BCUT2D eigenvalue weighted by molar-refractivity contribution is 5.05. The van der Waals surface area contributed by atoms with Crippen molar-refractivity contribution >= 4 is 0 Å². The smallest absolute Gasteiger partial charge is 0.0288 e. The Hall–Kier alpha value is -0.780. The maximum Gasteiger partial charge on any atom is -0.0288 e. The van der Waals surface area contributed by atoms with Crippen LogP contribution in [0.4, 0.5) is 0 Å². The minimum Gasteiger partial charge on any atom is -0.0856 e. The topological polar surface area (TPSA) is 0 Å². The van der Waals surface area contributed by atoms with Crippen LogP contribution in [0, 0.1) is 5.92 Å². The van der Waals surface area contributed by atoms with Crippen LogP contribution in [0.3, 0.4) is 0 Å². The van der Waals surface area contributed by atoms with Crippen molar-refractivity contribution in [3.05, 3.63) is 34.9 Å². The lowest BCUT2D eigenvalue weighted by atomic mass is 9.99. The molecule has 0 N–H and O–H groups in total. The zero-order valence-corrected chi connectivity index (χ0v) is 15.5. The van der Waals surface area contributed by atoms with E-state index in [1.165, 1.54) is 62.5 Å². The first-order valence-electron chi connectivity index (χ1n) is 8.90. The molecule has 0 unspecified atom stereocenters. The van der Waals surface area contributed by atoms with Gasteiger partial charge in [0, 0.05) is 0 Å². The summed E-state index contributed by atoms with van der Waals surface area (Å²) in [6.45, 7) is 13.6. The fourth-order valence-electron chi connectivity index (χ4n) is 2.59. The Balaban J connectivity index is 3.85. The zero-order valence-electron chi connectivity index (χ0n) is 15.5. The predicted molar refractivity (Wildman–Crippen MR) is 98.7 cm³/mol. The molecule has 0 aromatic carbocycles. The third-order valence-corrected chi connectivity index (χ3v) is 4.06. The second-order valence-corrected chi connectivity index (χ2v) is 6.93. The molecule has 0 heteroatoms. The minimum atomic E-state index is 0.885. The average Bonchev–Trinajstić information content (AvgIpc) is 2.38. The summed E-state index contributed by atoms with van der Waals surface area (Å²) >= 11 is 0. The summed E-state index contributed by atoms with van der Waals surface area (Å²) in [5.41, 5.74) is 4.53. The van der Waals surface area contributed by atoms with Gasteiger partial charge >= 0.3 is 0 Å². The van der Waals surface area contributed by atoms with Gasteiger partial charge in [0.2, 0.25) is 0 Å². The number of hydrogen-bond donors (Lipinski definition) is 0. The van der Waals surface area contributed by atoms with Crippen molar-refractivity contribution in [1.29, 1.82) is 0 Å². The molecule has 0 saturated heterocycles. The summed E-state index contributed by atoms with van der Waals surface area (Å²) in [5.74, 6) is 0.885. The lowest BCUT2D eigenvalue weighted by Crippen LogP contribution is -1.92. The fourth-order valence-corrected chi connectivity index (χ4v) is 2.59. The largest absolute Gasteiger partial charge is 0.0856 e. The van der Waals surface area contributed by atoms with Gasteiger partial charge in [0.1, 0.15) is 0 Å². The lowest BCUT2D eigenvalue weighted by Gasteiger charge is -2.08. The van der Waals surface area contributed by atoms with Crippen molar-refractivity contribution in [2.75, 3.05) is 0 Å². The second-order valence-electron chi connectivity index (χ2n) is 6.93. The molecule has 122 valence electrons. The van der Waals surface area contributed by atoms with Gasteiger partial charge in [-0.3, -0.25) is 0 Å². The molecular formula is C21H38. The van der Waals surface area contributed by atoms with E-state index in [9.17, 15) is 0 Å². The lowest BCUT2D eigenvalue weighted by molar-refractivity contribution is 0.490. The van der Waals surface area contributed by atoms with Crippen LogP contribution in [0.2, 0.25) is 0 Å². The van der Waals surface area contributed by atoms with Crippen LogP contribution in [0.5, 0.6) is 0 Å². The van der Waals surface area contributed by atoms with Crippen molar-refractivity contribution in [3.8, 4) is 0 Å². The van der Waals surface area contributed by atoms with E-state index in [1.807, 2.05) is 0 Å². The van der Waals surface area contributed by atoms with E-state index < -0.39 is 0 Å². The molecule has 21 heavy (non-hydrogen) atoms. The van der Waals surface area contributed by atoms with Crippen molar-refractivity contribution in [3.63, 3.8) is 0 Å². The highest BCUT2D eigenvalue weighted by Crippen LogP contribution is 2.15. The van der Waals surface area contributed by atoms with E-state index >= 15 is 0 Å². The summed E-state index contributed by atoms with van der Waals surface area (Å²) < 4.78 is 0. The van der Waals surface area contributed by atoms with Gasteiger partial charge in [-0.05, 0) is 72.1 Å². The van der Waals surface area contributed by atoms with E-state index in [2.05, 4.69) is 59.8 Å². The molecule has 0 nitrogen and oxygen atoms in total. The molecule has 0 spiro atoms. The van der Waals surface area contributed by atoms with Gasteiger partial charge in [-0.25, -0.2) is 0 Å². The molecule has 0 fully saturated rings. The Morgan fingerprint density at radius 2 is 1.29 bits per heavy atom. The number of hydrogen-bond acceptors (Lipinski definition) is 0. The molecule has 0 bridgehead atoms. The van der Waals surface area contributed by atoms with Gasteiger partial charge in [0.05, 0.1) is 0 Å². The molecule has 0 amide bonds. The van der Waals surface area contributed by atoms with Gasteiger partial charge in [-0.2, -0.15) is 0 Å². The highest BCUT2D eigenvalue weighted by Gasteiger charge is 1.98. The van der Waals surface area contributed by atoms with Crippen molar-refractivity contribution < 1.29 is 0 Å². The Morgan fingerprint density at radius 1 is 0.762 bits per heavy atom. The first kappa shape index (κ1) is 20.2. The quantitative estimate of drug-likeness (QED) is 0.343. The summed E-state index contributed by atoms with van der Waals surface area (Å²) in [7, 11) is 0. The summed E-state index contributed by atoms with van der Waals surface area (Å²) in [4.78, 5) is 0. The molecule has 0 aliphatic heterocycles. The third-order valence-electron chi connectivity index (χ3n) is 4.06. The van der Waals surface area contributed by atoms with Crippen LogP contribution in [-0.4, -0.2) is 0 Å². The molecule has 0 rings (SSSR count). The molecule has 0 saturated carbocycles. The van der Waals surface area contributed by atoms with E-state index in [1.54, 1.807) is 5.57 Å². The normalized spacial score (nSPS) is 14.2. The summed E-state index contributed by atoms with van der Waals surface area (Å²) in [6.07, 6.45) is 17.3. The molecule has 0 radical (unpaired) electrons. The van der Waals surface area contributed by atoms with Gasteiger partial charge in [0.15, 0.2) is 0 Å². The van der Waals surface area contributed by atoms with Gasteiger partial charge < -0.3 is 0 Å². The van der Waals surface area contributed by atoms with Crippen LogP contribution in [0.1, 0.15) is 92.9 Å². The number of rotatable bonds is 11. The monoisotopic (exact) mass is 290 g/mol. The van der Waals surface area contributed by atoms with Crippen LogP contribution < -0.4 is 0 Å². The summed E-state index contributed by atoms with van der Waals surface area (Å²) in [5, 5.41) is 0. The van der Waals surface area contributed by atoms with Crippen LogP contribution >= 0.6 is 0 Å². The van der Waals surface area contributed by atoms with Crippen molar-refractivity contribution in [2.24, 2.45) is 5.92 Å². The molecular weight excluding hydrogens is 252 g/mol. The minimum absolute atomic E-state index is 0.885. The molecule has 0 aromatic heterocycles. The van der Waals surface area contributed by atoms with Crippen LogP contribution in [0.25, 0.3) is 0 Å². The molecule has 0 aromatic rings. The Bertz CT molecular complexity index is 337. The summed E-state index contributed by atoms with van der Waals surface area (Å²) in [6, 6.07) is 0. The fraction of sp³-hybridized carbons (Fsp3) is 0.714. The van der Waals surface area contributed by atoms with Gasteiger partial charge in [-0.1, -0.05) is 61.6 Å². The molecule has 0 heterocycles. The van der Waals surface area contributed by atoms with Crippen molar-refractivity contribution in [2.45, 2.75) is 92.9 Å².